The summed E-state index contributed by atoms with van der Waals surface area (Å²) in [6, 6.07) is 34.7. The van der Waals surface area contributed by atoms with Crippen molar-refractivity contribution in [2.24, 2.45) is 0 Å². The lowest BCUT2D eigenvalue weighted by atomic mass is 10.1. The SMILES string of the molecule is Brc1ccc(-c2cc(-c3ccccc3)nc(-c3ccc4oc5ccccc5c4c3)n2)cc1. The summed E-state index contributed by atoms with van der Waals surface area (Å²) in [6.45, 7) is 0. The fourth-order valence-corrected chi connectivity index (χ4v) is 4.23. The second-order valence-corrected chi connectivity index (χ2v) is 8.56. The van der Waals surface area contributed by atoms with Crippen LogP contribution >= 0.6 is 15.9 Å². The van der Waals surface area contributed by atoms with Gasteiger partial charge in [-0.15, -0.1) is 0 Å². The number of halogens is 1. The van der Waals surface area contributed by atoms with Crippen molar-refractivity contribution in [2.45, 2.75) is 0 Å². The molecule has 0 saturated carbocycles. The van der Waals surface area contributed by atoms with Crippen LogP contribution in [0.3, 0.4) is 0 Å². The van der Waals surface area contributed by atoms with Crippen molar-refractivity contribution in [3.05, 3.63) is 108 Å². The minimum atomic E-state index is 0.691. The van der Waals surface area contributed by atoms with E-state index in [4.69, 9.17) is 14.4 Å². The van der Waals surface area contributed by atoms with E-state index >= 15 is 0 Å². The van der Waals surface area contributed by atoms with Crippen LogP contribution < -0.4 is 0 Å². The van der Waals surface area contributed by atoms with Crippen LogP contribution in [0.2, 0.25) is 0 Å². The lowest BCUT2D eigenvalue weighted by Gasteiger charge is -2.09. The minimum Gasteiger partial charge on any atom is -0.456 e. The highest BCUT2D eigenvalue weighted by molar-refractivity contribution is 9.10. The van der Waals surface area contributed by atoms with Crippen LogP contribution in [0, 0.1) is 0 Å². The Kier molecular flexibility index (Phi) is 4.58. The van der Waals surface area contributed by atoms with Crippen molar-refractivity contribution in [1.29, 1.82) is 0 Å². The van der Waals surface area contributed by atoms with E-state index in [0.717, 1.165) is 54.5 Å². The third-order valence-corrected chi connectivity index (χ3v) is 6.10. The van der Waals surface area contributed by atoms with Gasteiger partial charge in [0.25, 0.3) is 0 Å². The summed E-state index contributed by atoms with van der Waals surface area (Å²) in [7, 11) is 0. The third-order valence-electron chi connectivity index (χ3n) is 5.57. The smallest absolute Gasteiger partial charge is 0.160 e. The Balaban J connectivity index is 1.57. The molecule has 3 nitrogen and oxygen atoms in total. The molecule has 0 fully saturated rings. The molecule has 0 saturated heterocycles. The van der Waals surface area contributed by atoms with Crippen molar-refractivity contribution >= 4 is 37.9 Å². The largest absolute Gasteiger partial charge is 0.456 e. The average molecular weight is 477 g/mol. The van der Waals surface area contributed by atoms with E-state index in [9.17, 15) is 0 Å². The fourth-order valence-electron chi connectivity index (χ4n) is 3.97. The average Bonchev–Trinajstić information content (AvgIpc) is 3.23. The monoisotopic (exact) mass is 476 g/mol. The van der Waals surface area contributed by atoms with Gasteiger partial charge < -0.3 is 4.42 Å². The Labute approximate surface area is 193 Å². The molecule has 0 radical (unpaired) electrons. The molecule has 152 valence electrons. The van der Waals surface area contributed by atoms with Crippen molar-refractivity contribution in [3.8, 4) is 33.9 Å². The highest BCUT2D eigenvalue weighted by Gasteiger charge is 2.13. The highest BCUT2D eigenvalue weighted by atomic mass is 79.9. The summed E-state index contributed by atoms with van der Waals surface area (Å²) in [5.74, 6) is 0.691. The Hall–Kier alpha value is -3.76. The quantitative estimate of drug-likeness (QED) is 0.258. The van der Waals surface area contributed by atoms with E-state index in [1.54, 1.807) is 0 Å². The molecule has 6 rings (SSSR count). The number of benzene rings is 4. The number of para-hydroxylation sites is 1. The van der Waals surface area contributed by atoms with E-state index in [1.807, 2.05) is 66.7 Å². The number of hydrogen-bond donors (Lipinski definition) is 0. The molecular formula is C28H17BrN2O. The van der Waals surface area contributed by atoms with Gasteiger partial charge in [-0.1, -0.05) is 76.6 Å². The molecule has 0 spiro atoms. The standard InChI is InChI=1S/C28H17BrN2O/c29-21-13-10-19(11-14-21)25-17-24(18-6-2-1-3-7-18)30-28(31-25)20-12-15-27-23(16-20)22-8-4-5-9-26(22)32-27/h1-17H. The molecule has 0 aliphatic carbocycles. The predicted molar refractivity (Wildman–Crippen MR) is 133 cm³/mol. The van der Waals surface area contributed by atoms with Crippen molar-refractivity contribution in [3.63, 3.8) is 0 Å². The number of fused-ring (bicyclic) bond motifs is 3. The van der Waals surface area contributed by atoms with Crippen LogP contribution in [0.15, 0.2) is 112 Å². The van der Waals surface area contributed by atoms with Crippen LogP contribution in [-0.2, 0) is 0 Å². The van der Waals surface area contributed by atoms with Gasteiger partial charge in [-0.25, -0.2) is 9.97 Å². The van der Waals surface area contributed by atoms with Gasteiger partial charge in [0.1, 0.15) is 11.2 Å². The molecule has 0 aliphatic heterocycles. The first-order valence-corrected chi connectivity index (χ1v) is 11.2. The number of furan rings is 1. The summed E-state index contributed by atoms with van der Waals surface area (Å²) in [5, 5.41) is 2.16. The van der Waals surface area contributed by atoms with Gasteiger partial charge in [-0.05, 0) is 42.5 Å². The Morgan fingerprint density at radius 2 is 1.16 bits per heavy atom. The molecule has 0 amide bonds. The summed E-state index contributed by atoms with van der Waals surface area (Å²) in [6.07, 6.45) is 0. The molecule has 4 aromatic carbocycles. The van der Waals surface area contributed by atoms with Crippen LogP contribution in [0.4, 0.5) is 0 Å². The van der Waals surface area contributed by atoms with Gasteiger partial charge in [-0.3, -0.25) is 0 Å². The van der Waals surface area contributed by atoms with Gasteiger partial charge >= 0.3 is 0 Å². The second kappa shape index (κ2) is 7.74. The Morgan fingerprint density at radius 3 is 1.94 bits per heavy atom. The van der Waals surface area contributed by atoms with Crippen molar-refractivity contribution in [2.75, 3.05) is 0 Å². The van der Waals surface area contributed by atoms with Crippen LogP contribution in [0.1, 0.15) is 0 Å². The summed E-state index contributed by atoms with van der Waals surface area (Å²) < 4.78 is 7.03. The zero-order valence-electron chi connectivity index (χ0n) is 17.0. The first-order valence-electron chi connectivity index (χ1n) is 10.4. The molecule has 32 heavy (non-hydrogen) atoms. The number of hydrogen-bond acceptors (Lipinski definition) is 3. The molecule has 0 unspecified atom stereocenters. The molecule has 0 N–H and O–H groups in total. The summed E-state index contributed by atoms with van der Waals surface area (Å²) >= 11 is 3.52. The number of nitrogens with zero attached hydrogens (tertiary/aromatic N) is 2. The molecule has 0 atom stereocenters. The van der Waals surface area contributed by atoms with E-state index in [-0.39, 0.29) is 0 Å². The van der Waals surface area contributed by atoms with Crippen LogP contribution in [0.25, 0.3) is 55.8 Å². The highest BCUT2D eigenvalue weighted by Crippen LogP contribution is 2.33. The van der Waals surface area contributed by atoms with Crippen LogP contribution in [-0.4, -0.2) is 9.97 Å². The normalized spacial score (nSPS) is 11.3. The van der Waals surface area contributed by atoms with Crippen molar-refractivity contribution < 1.29 is 4.42 Å². The van der Waals surface area contributed by atoms with E-state index in [0.29, 0.717) is 5.82 Å². The summed E-state index contributed by atoms with van der Waals surface area (Å²) in [5.41, 5.74) is 6.59. The van der Waals surface area contributed by atoms with Gasteiger partial charge in [0, 0.05) is 31.9 Å². The van der Waals surface area contributed by atoms with Gasteiger partial charge in [0.15, 0.2) is 5.82 Å². The number of aromatic nitrogens is 2. The molecule has 2 aromatic heterocycles. The molecule has 2 heterocycles. The van der Waals surface area contributed by atoms with Gasteiger partial charge in [0.05, 0.1) is 11.4 Å². The van der Waals surface area contributed by atoms with Crippen LogP contribution in [0.5, 0.6) is 0 Å². The van der Waals surface area contributed by atoms with Gasteiger partial charge in [-0.2, -0.15) is 0 Å². The minimum absolute atomic E-state index is 0.691. The zero-order valence-corrected chi connectivity index (χ0v) is 18.6. The van der Waals surface area contributed by atoms with E-state index < -0.39 is 0 Å². The van der Waals surface area contributed by atoms with Gasteiger partial charge in [0.2, 0.25) is 0 Å². The first-order chi connectivity index (χ1) is 15.7. The Bertz CT molecular complexity index is 1570. The lowest BCUT2D eigenvalue weighted by Crippen LogP contribution is -1.95. The molecule has 6 aromatic rings. The second-order valence-electron chi connectivity index (χ2n) is 7.64. The molecule has 0 aliphatic rings. The predicted octanol–water partition coefficient (Wildman–Crippen LogP) is 8.14. The zero-order chi connectivity index (χ0) is 21.5. The van der Waals surface area contributed by atoms with E-state index in [2.05, 4.69) is 52.3 Å². The third kappa shape index (κ3) is 3.39. The fraction of sp³-hybridized carbons (Fsp3) is 0. The lowest BCUT2D eigenvalue weighted by molar-refractivity contribution is 0.669. The molecule has 4 heteroatoms. The van der Waals surface area contributed by atoms with Crippen molar-refractivity contribution in [1.82, 2.24) is 9.97 Å². The topological polar surface area (TPSA) is 38.9 Å². The van der Waals surface area contributed by atoms with E-state index in [1.165, 1.54) is 0 Å². The molecular weight excluding hydrogens is 460 g/mol. The maximum absolute atomic E-state index is 6.00. The maximum Gasteiger partial charge on any atom is 0.160 e. The molecule has 0 bridgehead atoms. The first kappa shape index (κ1) is 19.0. The maximum atomic E-state index is 6.00. The number of rotatable bonds is 3. The summed E-state index contributed by atoms with van der Waals surface area (Å²) in [4.78, 5) is 9.88. The Morgan fingerprint density at radius 1 is 0.531 bits per heavy atom.